The highest BCUT2D eigenvalue weighted by Crippen LogP contribution is 2.35. The minimum absolute atomic E-state index is 0.0996. The highest BCUT2D eigenvalue weighted by atomic mass is 14.8. The first-order valence-electron chi connectivity index (χ1n) is 16.9. The molecule has 0 bridgehead atoms. The largest absolute Gasteiger partial charge is 0.325 e. The lowest BCUT2D eigenvalue weighted by Gasteiger charge is -2.39. The van der Waals surface area contributed by atoms with Crippen LogP contribution in [0.5, 0.6) is 0 Å². The Bertz CT molecular complexity index is 358. The quantitative estimate of drug-likeness (QED) is 0.103. The van der Waals surface area contributed by atoms with Gasteiger partial charge >= 0.3 is 0 Å². The van der Waals surface area contributed by atoms with Crippen molar-refractivity contribution in [3.8, 4) is 0 Å². The summed E-state index contributed by atoms with van der Waals surface area (Å²) in [6.07, 6.45) is 39.0. The van der Waals surface area contributed by atoms with Crippen LogP contribution in [0.1, 0.15) is 207 Å². The molecule has 0 saturated carbocycles. The molecule has 0 saturated heterocycles. The monoisotopic (exact) mass is 494 g/mol. The second-order valence-electron chi connectivity index (χ2n) is 12.1. The van der Waals surface area contributed by atoms with E-state index in [1.165, 1.54) is 180 Å². The molecular weight excluding hydrogens is 422 g/mol. The third kappa shape index (κ3) is 21.7. The first kappa shape index (κ1) is 35.0. The Hall–Kier alpha value is -0.0400. The number of nitrogens with two attached hydrogens (primary N) is 1. The third-order valence-corrected chi connectivity index (χ3v) is 8.62. The van der Waals surface area contributed by atoms with Gasteiger partial charge in [-0.1, -0.05) is 182 Å². The maximum absolute atomic E-state index is 7.45. The molecule has 0 spiro atoms. The molecule has 0 rings (SSSR count). The van der Waals surface area contributed by atoms with Gasteiger partial charge in [0.25, 0.3) is 0 Å². The molecule has 0 aliphatic heterocycles. The Morgan fingerprint density at radius 3 is 0.943 bits per heavy atom. The zero-order valence-corrected chi connectivity index (χ0v) is 25.5. The summed E-state index contributed by atoms with van der Waals surface area (Å²) in [4.78, 5) is 0. The molecule has 0 fully saturated rings. The van der Waals surface area contributed by atoms with E-state index in [4.69, 9.17) is 5.73 Å². The van der Waals surface area contributed by atoms with Crippen LogP contribution in [0.4, 0.5) is 0 Å². The minimum Gasteiger partial charge on any atom is -0.325 e. The van der Waals surface area contributed by atoms with E-state index in [2.05, 4.69) is 27.7 Å². The molecule has 35 heavy (non-hydrogen) atoms. The zero-order valence-electron chi connectivity index (χ0n) is 25.5. The Labute approximate surface area is 224 Å². The summed E-state index contributed by atoms with van der Waals surface area (Å²) in [5.74, 6) is 0.756. The fourth-order valence-corrected chi connectivity index (χ4v) is 6.06. The van der Waals surface area contributed by atoms with Gasteiger partial charge < -0.3 is 5.73 Å². The van der Waals surface area contributed by atoms with E-state index in [0.717, 1.165) is 5.92 Å². The van der Waals surface area contributed by atoms with Crippen LogP contribution < -0.4 is 5.73 Å². The fraction of sp³-hybridized carbons (Fsp3) is 1.00. The second kappa shape index (κ2) is 27.0. The molecule has 0 atom stereocenters. The van der Waals surface area contributed by atoms with E-state index in [0.29, 0.717) is 0 Å². The van der Waals surface area contributed by atoms with Gasteiger partial charge in [0.2, 0.25) is 0 Å². The molecule has 1 heteroatoms. The summed E-state index contributed by atoms with van der Waals surface area (Å²) in [7, 11) is 0. The SMILES string of the molecule is CCCCCCCCC(CCCCCCCC)C(N)(CCCCCCCC)CCCCCCCC. The van der Waals surface area contributed by atoms with Crippen molar-refractivity contribution in [1.82, 2.24) is 0 Å². The van der Waals surface area contributed by atoms with Crippen molar-refractivity contribution >= 4 is 0 Å². The zero-order chi connectivity index (χ0) is 25.9. The lowest BCUT2D eigenvalue weighted by molar-refractivity contribution is 0.189. The lowest BCUT2D eigenvalue weighted by atomic mass is 9.72. The Morgan fingerprint density at radius 2 is 0.629 bits per heavy atom. The molecule has 0 amide bonds. The van der Waals surface area contributed by atoms with Gasteiger partial charge in [-0.2, -0.15) is 0 Å². The van der Waals surface area contributed by atoms with Crippen molar-refractivity contribution in [2.24, 2.45) is 11.7 Å². The Kier molecular flexibility index (Phi) is 27.0. The predicted octanol–water partition coefficient (Wildman–Crippen LogP) is 12.3. The molecule has 2 N–H and O–H groups in total. The topological polar surface area (TPSA) is 26.0 Å². The first-order chi connectivity index (χ1) is 17.1. The number of hydrogen-bond acceptors (Lipinski definition) is 1. The van der Waals surface area contributed by atoms with Crippen LogP contribution in [-0.2, 0) is 0 Å². The van der Waals surface area contributed by atoms with Crippen LogP contribution in [0.2, 0.25) is 0 Å². The highest BCUT2D eigenvalue weighted by Gasteiger charge is 2.33. The molecule has 0 aromatic carbocycles. The Balaban J connectivity index is 4.90. The average Bonchev–Trinajstić information content (AvgIpc) is 2.86. The van der Waals surface area contributed by atoms with E-state index >= 15 is 0 Å². The van der Waals surface area contributed by atoms with Gasteiger partial charge in [0, 0.05) is 5.54 Å². The molecule has 212 valence electrons. The van der Waals surface area contributed by atoms with Crippen LogP contribution in [-0.4, -0.2) is 5.54 Å². The van der Waals surface area contributed by atoms with Crippen LogP contribution in [0, 0.1) is 5.92 Å². The van der Waals surface area contributed by atoms with Gasteiger partial charge in [0.05, 0.1) is 0 Å². The second-order valence-corrected chi connectivity index (χ2v) is 12.1. The summed E-state index contributed by atoms with van der Waals surface area (Å²) in [5, 5.41) is 0. The van der Waals surface area contributed by atoms with Crippen LogP contribution >= 0.6 is 0 Å². The van der Waals surface area contributed by atoms with Gasteiger partial charge in [-0.05, 0) is 31.6 Å². The van der Waals surface area contributed by atoms with Crippen molar-refractivity contribution in [2.75, 3.05) is 0 Å². The molecule has 0 aromatic rings. The molecule has 0 aliphatic rings. The van der Waals surface area contributed by atoms with Crippen molar-refractivity contribution in [3.63, 3.8) is 0 Å². The minimum atomic E-state index is 0.0996. The van der Waals surface area contributed by atoms with E-state index < -0.39 is 0 Å². The van der Waals surface area contributed by atoms with E-state index in [-0.39, 0.29) is 5.54 Å². The number of unbranched alkanes of at least 4 members (excludes halogenated alkanes) is 20. The van der Waals surface area contributed by atoms with E-state index in [1.54, 1.807) is 0 Å². The average molecular weight is 494 g/mol. The number of rotatable bonds is 29. The maximum atomic E-state index is 7.45. The molecule has 0 aromatic heterocycles. The van der Waals surface area contributed by atoms with Crippen molar-refractivity contribution in [2.45, 2.75) is 213 Å². The van der Waals surface area contributed by atoms with Crippen LogP contribution in [0.25, 0.3) is 0 Å². The fourth-order valence-electron chi connectivity index (χ4n) is 6.06. The van der Waals surface area contributed by atoms with Crippen molar-refractivity contribution < 1.29 is 0 Å². The van der Waals surface area contributed by atoms with Crippen LogP contribution in [0.3, 0.4) is 0 Å². The highest BCUT2D eigenvalue weighted by molar-refractivity contribution is 4.91. The number of hydrogen-bond donors (Lipinski definition) is 1. The summed E-state index contributed by atoms with van der Waals surface area (Å²) in [6, 6.07) is 0. The summed E-state index contributed by atoms with van der Waals surface area (Å²) >= 11 is 0. The van der Waals surface area contributed by atoms with E-state index in [9.17, 15) is 0 Å². The standard InChI is InChI=1S/C34H71N/c1-5-9-13-17-21-25-29-33(30-26-22-18-14-10-6-2)34(35,31-27-23-19-15-11-7-3)32-28-24-20-16-12-8-4/h33H,5-32,35H2,1-4H3. The molecule has 0 radical (unpaired) electrons. The van der Waals surface area contributed by atoms with Crippen molar-refractivity contribution in [3.05, 3.63) is 0 Å². The van der Waals surface area contributed by atoms with Gasteiger partial charge in [-0.3, -0.25) is 0 Å². The molecule has 1 nitrogen and oxygen atoms in total. The predicted molar refractivity (Wildman–Crippen MR) is 162 cm³/mol. The third-order valence-electron chi connectivity index (χ3n) is 8.62. The van der Waals surface area contributed by atoms with Gasteiger partial charge in [-0.15, -0.1) is 0 Å². The lowest BCUT2D eigenvalue weighted by Crippen LogP contribution is -2.47. The molecule has 0 unspecified atom stereocenters. The summed E-state index contributed by atoms with van der Waals surface area (Å²) in [5.41, 5.74) is 7.55. The smallest absolute Gasteiger partial charge is 0.0182 e. The normalized spacial score (nSPS) is 12.2. The molecular formula is C34H71N. The Morgan fingerprint density at radius 1 is 0.371 bits per heavy atom. The first-order valence-corrected chi connectivity index (χ1v) is 16.9. The summed E-state index contributed by atoms with van der Waals surface area (Å²) in [6.45, 7) is 9.29. The molecule has 0 heterocycles. The van der Waals surface area contributed by atoms with Crippen molar-refractivity contribution in [1.29, 1.82) is 0 Å². The summed E-state index contributed by atoms with van der Waals surface area (Å²) < 4.78 is 0. The van der Waals surface area contributed by atoms with Gasteiger partial charge in [-0.25, -0.2) is 0 Å². The van der Waals surface area contributed by atoms with Gasteiger partial charge in [0.1, 0.15) is 0 Å². The van der Waals surface area contributed by atoms with Gasteiger partial charge in [0.15, 0.2) is 0 Å². The molecule has 0 aliphatic carbocycles. The van der Waals surface area contributed by atoms with E-state index in [1.807, 2.05) is 0 Å². The maximum Gasteiger partial charge on any atom is 0.0182 e. The van der Waals surface area contributed by atoms with Crippen LogP contribution in [0.15, 0.2) is 0 Å².